The maximum Gasteiger partial charge on any atom is 0.317 e. The number of aryl methyl sites for hydroxylation is 2. The van der Waals surface area contributed by atoms with E-state index in [0.29, 0.717) is 10.2 Å². The predicted molar refractivity (Wildman–Crippen MR) is 101 cm³/mol. The maximum atomic E-state index is 12.1. The van der Waals surface area contributed by atoms with Crippen molar-refractivity contribution in [3.63, 3.8) is 0 Å². The third-order valence-electron chi connectivity index (χ3n) is 3.37. The van der Waals surface area contributed by atoms with E-state index >= 15 is 0 Å². The Bertz CT molecular complexity index is 781. The fraction of sp³-hybridized carbons (Fsp3) is 0.333. The summed E-state index contributed by atoms with van der Waals surface area (Å²) in [6.45, 7) is 5.52. The van der Waals surface area contributed by atoms with E-state index < -0.39 is 12.1 Å². The van der Waals surface area contributed by atoms with Crippen LogP contribution in [0.2, 0.25) is 5.02 Å². The highest BCUT2D eigenvalue weighted by Gasteiger charge is 2.18. The number of rotatable bonds is 7. The molecule has 0 saturated carbocycles. The number of carbonyl (C=O) groups excluding carboxylic acids is 2. The molecule has 0 spiro atoms. The lowest BCUT2D eigenvalue weighted by atomic mass is 10.2. The van der Waals surface area contributed by atoms with Crippen LogP contribution in [-0.2, 0) is 20.9 Å². The Balaban J connectivity index is 1.78. The molecule has 0 aliphatic carbocycles. The SMILES string of the molecule is Cc1cc(C)nc(SCC(=O)O[C@H](C)C(=O)NCc2ccccc2Cl)n1. The molecule has 0 fully saturated rings. The van der Waals surface area contributed by atoms with Crippen LogP contribution < -0.4 is 5.32 Å². The molecule has 1 heterocycles. The van der Waals surface area contributed by atoms with Crippen LogP contribution in [0.1, 0.15) is 23.9 Å². The van der Waals surface area contributed by atoms with E-state index in [1.165, 1.54) is 18.7 Å². The average molecular weight is 394 g/mol. The van der Waals surface area contributed by atoms with E-state index in [1.54, 1.807) is 6.07 Å². The molecule has 1 aromatic heterocycles. The Hall–Kier alpha value is -2.12. The van der Waals surface area contributed by atoms with Gasteiger partial charge in [0.15, 0.2) is 11.3 Å². The molecule has 2 aromatic rings. The molecule has 2 rings (SSSR count). The summed E-state index contributed by atoms with van der Waals surface area (Å²) in [5.41, 5.74) is 2.46. The van der Waals surface area contributed by atoms with Crippen molar-refractivity contribution in [3.05, 3.63) is 52.3 Å². The minimum atomic E-state index is -0.897. The number of halogens is 1. The molecular formula is C18H20ClN3O3S. The van der Waals surface area contributed by atoms with Crippen molar-refractivity contribution in [2.24, 2.45) is 0 Å². The summed E-state index contributed by atoms with van der Waals surface area (Å²) in [7, 11) is 0. The average Bonchev–Trinajstić information content (AvgIpc) is 2.58. The number of hydrogen-bond acceptors (Lipinski definition) is 6. The normalized spacial score (nSPS) is 11.7. The van der Waals surface area contributed by atoms with E-state index in [1.807, 2.05) is 38.1 Å². The van der Waals surface area contributed by atoms with Crippen molar-refractivity contribution in [2.75, 3.05) is 5.75 Å². The summed E-state index contributed by atoms with van der Waals surface area (Å²) in [4.78, 5) is 32.5. The highest BCUT2D eigenvalue weighted by molar-refractivity contribution is 7.99. The monoisotopic (exact) mass is 393 g/mol. The van der Waals surface area contributed by atoms with Crippen LogP contribution in [0.5, 0.6) is 0 Å². The van der Waals surface area contributed by atoms with E-state index in [2.05, 4.69) is 15.3 Å². The number of hydrogen-bond donors (Lipinski definition) is 1. The Morgan fingerprint density at radius 2 is 1.88 bits per heavy atom. The van der Waals surface area contributed by atoms with Crippen LogP contribution >= 0.6 is 23.4 Å². The molecule has 0 radical (unpaired) electrons. The van der Waals surface area contributed by atoms with Crippen LogP contribution in [-0.4, -0.2) is 33.7 Å². The van der Waals surface area contributed by atoms with Gasteiger partial charge in [0.05, 0.1) is 5.75 Å². The Kier molecular flexibility index (Phi) is 7.41. The first kappa shape index (κ1) is 20.2. The van der Waals surface area contributed by atoms with E-state index in [-0.39, 0.29) is 18.2 Å². The number of ether oxygens (including phenoxy) is 1. The number of esters is 1. The number of amides is 1. The second-order valence-electron chi connectivity index (χ2n) is 5.66. The van der Waals surface area contributed by atoms with Crippen LogP contribution in [0.25, 0.3) is 0 Å². The van der Waals surface area contributed by atoms with Gasteiger partial charge in [-0.2, -0.15) is 0 Å². The van der Waals surface area contributed by atoms with Crippen LogP contribution in [0.15, 0.2) is 35.5 Å². The molecule has 0 bridgehead atoms. The number of nitrogens with zero attached hydrogens (tertiary/aromatic N) is 2. The molecule has 0 aliphatic heterocycles. The number of nitrogens with one attached hydrogen (secondary N) is 1. The lowest BCUT2D eigenvalue weighted by molar-refractivity contribution is -0.152. The Morgan fingerprint density at radius 1 is 1.23 bits per heavy atom. The number of thioether (sulfide) groups is 1. The van der Waals surface area contributed by atoms with Gasteiger partial charge in [0.2, 0.25) is 0 Å². The number of aromatic nitrogens is 2. The fourth-order valence-electron chi connectivity index (χ4n) is 2.13. The summed E-state index contributed by atoms with van der Waals surface area (Å²) < 4.78 is 5.15. The van der Waals surface area contributed by atoms with Gasteiger partial charge >= 0.3 is 5.97 Å². The molecule has 0 saturated heterocycles. The molecule has 0 aliphatic rings. The first-order valence-corrected chi connectivity index (χ1v) is 9.37. The quantitative estimate of drug-likeness (QED) is 0.442. The zero-order chi connectivity index (χ0) is 19.1. The zero-order valence-electron chi connectivity index (χ0n) is 14.8. The summed E-state index contributed by atoms with van der Waals surface area (Å²) >= 11 is 7.22. The molecule has 6 nitrogen and oxygen atoms in total. The van der Waals surface area contributed by atoms with Gasteiger partial charge in [-0.1, -0.05) is 41.6 Å². The van der Waals surface area contributed by atoms with Gasteiger partial charge in [-0.15, -0.1) is 0 Å². The van der Waals surface area contributed by atoms with Gasteiger partial charge in [-0.3, -0.25) is 9.59 Å². The zero-order valence-corrected chi connectivity index (χ0v) is 16.4. The van der Waals surface area contributed by atoms with Gasteiger partial charge in [0.25, 0.3) is 5.91 Å². The van der Waals surface area contributed by atoms with Crippen molar-refractivity contribution in [1.82, 2.24) is 15.3 Å². The highest BCUT2D eigenvalue weighted by Crippen LogP contribution is 2.15. The molecule has 1 atom stereocenters. The summed E-state index contributed by atoms with van der Waals surface area (Å²) in [5, 5.41) is 3.78. The number of benzene rings is 1. The Labute approximate surface area is 161 Å². The third-order valence-corrected chi connectivity index (χ3v) is 4.56. The molecule has 1 aromatic carbocycles. The summed E-state index contributed by atoms with van der Waals surface area (Å²) in [5.74, 6) is -0.852. The number of carbonyl (C=O) groups is 2. The minimum absolute atomic E-state index is 0.0328. The molecule has 8 heteroatoms. The van der Waals surface area contributed by atoms with Crippen molar-refractivity contribution in [2.45, 2.75) is 38.6 Å². The minimum Gasteiger partial charge on any atom is -0.452 e. The van der Waals surface area contributed by atoms with Crippen molar-refractivity contribution in [1.29, 1.82) is 0 Å². The van der Waals surface area contributed by atoms with E-state index in [9.17, 15) is 9.59 Å². The lowest BCUT2D eigenvalue weighted by Gasteiger charge is -2.14. The fourth-order valence-corrected chi connectivity index (χ4v) is 3.07. The second-order valence-corrected chi connectivity index (χ2v) is 7.01. The van der Waals surface area contributed by atoms with E-state index in [0.717, 1.165) is 17.0 Å². The Morgan fingerprint density at radius 3 is 2.54 bits per heavy atom. The summed E-state index contributed by atoms with van der Waals surface area (Å²) in [6, 6.07) is 9.07. The molecule has 0 unspecified atom stereocenters. The van der Waals surface area contributed by atoms with Crippen molar-refractivity contribution in [3.8, 4) is 0 Å². The van der Waals surface area contributed by atoms with Crippen LogP contribution in [0.3, 0.4) is 0 Å². The molecule has 138 valence electrons. The highest BCUT2D eigenvalue weighted by atomic mass is 35.5. The topological polar surface area (TPSA) is 81.2 Å². The van der Waals surface area contributed by atoms with Crippen LogP contribution in [0.4, 0.5) is 0 Å². The maximum absolute atomic E-state index is 12.1. The molecular weight excluding hydrogens is 374 g/mol. The van der Waals surface area contributed by atoms with Gasteiger partial charge < -0.3 is 10.1 Å². The first-order valence-electron chi connectivity index (χ1n) is 8.01. The largest absolute Gasteiger partial charge is 0.452 e. The molecule has 26 heavy (non-hydrogen) atoms. The van der Waals surface area contributed by atoms with Gasteiger partial charge in [-0.05, 0) is 38.5 Å². The van der Waals surface area contributed by atoms with Gasteiger partial charge in [0, 0.05) is 23.0 Å². The third kappa shape index (κ3) is 6.31. The van der Waals surface area contributed by atoms with E-state index in [4.69, 9.17) is 16.3 Å². The smallest absolute Gasteiger partial charge is 0.317 e. The summed E-state index contributed by atoms with van der Waals surface area (Å²) in [6.07, 6.45) is -0.897. The lowest BCUT2D eigenvalue weighted by Crippen LogP contribution is -2.35. The standard InChI is InChI=1S/C18H20ClN3O3S/c1-11-8-12(2)22-18(21-11)26-10-16(23)25-13(3)17(24)20-9-14-6-4-5-7-15(14)19/h4-8,13H,9-10H2,1-3H3,(H,20,24)/t13-/m1/s1. The van der Waals surface area contributed by atoms with Gasteiger partial charge in [0.1, 0.15) is 0 Å². The van der Waals surface area contributed by atoms with Crippen molar-refractivity contribution < 1.29 is 14.3 Å². The second kappa shape index (κ2) is 9.54. The first-order chi connectivity index (χ1) is 12.3. The van der Waals surface area contributed by atoms with Gasteiger partial charge in [-0.25, -0.2) is 9.97 Å². The molecule has 1 amide bonds. The predicted octanol–water partition coefficient (Wildman–Crippen LogP) is 3.09. The molecule has 1 N–H and O–H groups in total. The van der Waals surface area contributed by atoms with Crippen molar-refractivity contribution >= 4 is 35.2 Å². The van der Waals surface area contributed by atoms with Crippen LogP contribution in [0, 0.1) is 13.8 Å².